The number of nitrogens with zero attached hydrogens (tertiary/aromatic N) is 1. The van der Waals surface area contributed by atoms with Crippen molar-refractivity contribution in [1.29, 1.82) is 0 Å². The standard InChI is InChI=1S/C14H28N2O2/c1-11(2)15-13(14(17)18-4)9-10-16(3)12-7-5-6-8-12/h11-13,15H,5-10H2,1-4H3. The molecule has 1 saturated carbocycles. The van der Waals surface area contributed by atoms with Gasteiger partial charge in [-0.25, -0.2) is 0 Å². The molecule has 4 nitrogen and oxygen atoms in total. The topological polar surface area (TPSA) is 41.6 Å². The highest BCUT2D eigenvalue weighted by molar-refractivity contribution is 5.75. The Morgan fingerprint density at radius 2 is 2.00 bits per heavy atom. The summed E-state index contributed by atoms with van der Waals surface area (Å²) in [5, 5.41) is 3.28. The minimum absolute atomic E-state index is 0.150. The van der Waals surface area contributed by atoms with E-state index in [-0.39, 0.29) is 12.0 Å². The summed E-state index contributed by atoms with van der Waals surface area (Å²) in [7, 11) is 3.62. The van der Waals surface area contributed by atoms with Crippen molar-refractivity contribution in [2.24, 2.45) is 0 Å². The highest BCUT2D eigenvalue weighted by Crippen LogP contribution is 2.22. The first-order valence-electron chi connectivity index (χ1n) is 7.08. The maximum Gasteiger partial charge on any atom is 0.322 e. The number of ether oxygens (including phenoxy) is 1. The zero-order valence-corrected chi connectivity index (χ0v) is 12.2. The highest BCUT2D eigenvalue weighted by atomic mass is 16.5. The molecule has 1 unspecified atom stereocenters. The zero-order chi connectivity index (χ0) is 13.5. The van der Waals surface area contributed by atoms with Crippen molar-refractivity contribution in [2.75, 3.05) is 20.7 Å². The first kappa shape index (κ1) is 15.4. The quantitative estimate of drug-likeness (QED) is 0.705. The van der Waals surface area contributed by atoms with Gasteiger partial charge in [0.2, 0.25) is 0 Å². The Bertz CT molecular complexity index is 250. The van der Waals surface area contributed by atoms with E-state index in [4.69, 9.17) is 4.74 Å². The molecule has 0 bridgehead atoms. The molecule has 0 saturated heterocycles. The number of esters is 1. The van der Waals surface area contributed by atoms with Crippen LogP contribution in [0.1, 0.15) is 46.0 Å². The van der Waals surface area contributed by atoms with Gasteiger partial charge in [0.15, 0.2) is 0 Å². The third-order valence-corrected chi connectivity index (χ3v) is 3.74. The summed E-state index contributed by atoms with van der Waals surface area (Å²) in [6.45, 7) is 5.05. The third kappa shape index (κ3) is 4.94. The number of carbonyl (C=O) groups excluding carboxylic acids is 1. The monoisotopic (exact) mass is 256 g/mol. The number of methoxy groups -OCH3 is 1. The van der Waals surface area contributed by atoms with Crippen LogP contribution in [0.25, 0.3) is 0 Å². The first-order valence-corrected chi connectivity index (χ1v) is 7.08. The second kappa shape index (κ2) is 7.74. The van der Waals surface area contributed by atoms with Gasteiger partial charge in [-0.05, 0) is 26.3 Å². The van der Waals surface area contributed by atoms with Crippen molar-refractivity contribution >= 4 is 5.97 Å². The van der Waals surface area contributed by atoms with Crippen LogP contribution >= 0.6 is 0 Å². The van der Waals surface area contributed by atoms with E-state index >= 15 is 0 Å². The van der Waals surface area contributed by atoms with Crippen molar-refractivity contribution in [2.45, 2.75) is 64.1 Å². The van der Waals surface area contributed by atoms with Gasteiger partial charge in [-0.1, -0.05) is 26.7 Å². The number of hydrogen-bond acceptors (Lipinski definition) is 4. The normalized spacial score (nSPS) is 18.6. The summed E-state index contributed by atoms with van der Waals surface area (Å²) in [6.07, 6.45) is 6.12. The molecule has 1 rings (SSSR count). The summed E-state index contributed by atoms with van der Waals surface area (Å²) in [5.74, 6) is -0.150. The molecule has 0 heterocycles. The van der Waals surface area contributed by atoms with E-state index in [9.17, 15) is 4.79 Å². The minimum Gasteiger partial charge on any atom is -0.468 e. The van der Waals surface area contributed by atoms with Crippen LogP contribution in [0.15, 0.2) is 0 Å². The molecule has 4 heteroatoms. The maximum atomic E-state index is 11.7. The average Bonchev–Trinajstić information content (AvgIpc) is 2.86. The molecule has 1 fully saturated rings. The van der Waals surface area contributed by atoms with E-state index < -0.39 is 0 Å². The van der Waals surface area contributed by atoms with Crippen LogP contribution in [0.5, 0.6) is 0 Å². The lowest BCUT2D eigenvalue weighted by atomic mass is 10.1. The molecular weight excluding hydrogens is 228 g/mol. The predicted molar refractivity (Wildman–Crippen MR) is 73.6 cm³/mol. The molecule has 0 amide bonds. The number of hydrogen-bond donors (Lipinski definition) is 1. The fourth-order valence-corrected chi connectivity index (χ4v) is 2.67. The van der Waals surface area contributed by atoms with Crippen LogP contribution in [0.2, 0.25) is 0 Å². The second-order valence-electron chi connectivity index (χ2n) is 5.60. The number of nitrogens with one attached hydrogen (secondary N) is 1. The van der Waals surface area contributed by atoms with Crippen LogP contribution in [-0.2, 0) is 9.53 Å². The molecule has 0 aromatic heterocycles. The predicted octanol–water partition coefficient (Wildman–Crippen LogP) is 1.79. The fraction of sp³-hybridized carbons (Fsp3) is 0.929. The van der Waals surface area contributed by atoms with Crippen molar-refractivity contribution < 1.29 is 9.53 Å². The molecule has 1 aliphatic rings. The third-order valence-electron chi connectivity index (χ3n) is 3.74. The maximum absolute atomic E-state index is 11.7. The fourth-order valence-electron chi connectivity index (χ4n) is 2.67. The summed E-state index contributed by atoms with van der Waals surface area (Å²) >= 11 is 0. The molecule has 0 aliphatic heterocycles. The molecule has 1 aliphatic carbocycles. The van der Waals surface area contributed by atoms with E-state index in [0.29, 0.717) is 12.1 Å². The first-order chi connectivity index (χ1) is 8.54. The summed E-state index contributed by atoms with van der Waals surface area (Å²) in [5.41, 5.74) is 0. The van der Waals surface area contributed by atoms with E-state index in [1.54, 1.807) is 0 Å². The Morgan fingerprint density at radius 1 is 1.39 bits per heavy atom. The van der Waals surface area contributed by atoms with E-state index in [1.807, 2.05) is 0 Å². The van der Waals surface area contributed by atoms with Gasteiger partial charge in [0.25, 0.3) is 0 Å². The molecule has 1 atom stereocenters. The van der Waals surface area contributed by atoms with Gasteiger partial charge in [-0.15, -0.1) is 0 Å². The molecular formula is C14H28N2O2. The molecule has 0 aromatic rings. The lowest BCUT2D eigenvalue weighted by Crippen LogP contribution is -2.44. The summed E-state index contributed by atoms with van der Waals surface area (Å²) in [6, 6.07) is 0.826. The number of carbonyl (C=O) groups is 1. The number of rotatable bonds is 7. The van der Waals surface area contributed by atoms with Crippen LogP contribution < -0.4 is 5.32 Å². The SMILES string of the molecule is COC(=O)C(CCN(C)C1CCCC1)NC(C)C. The smallest absolute Gasteiger partial charge is 0.322 e. The molecule has 106 valence electrons. The van der Waals surface area contributed by atoms with Crippen molar-refractivity contribution in [3.05, 3.63) is 0 Å². The Hall–Kier alpha value is -0.610. The van der Waals surface area contributed by atoms with Crippen LogP contribution in [-0.4, -0.2) is 49.7 Å². The molecule has 0 radical (unpaired) electrons. The largest absolute Gasteiger partial charge is 0.468 e. The van der Waals surface area contributed by atoms with Crippen molar-refractivity contribution in [1.82, 2.24) is 10.2 Å². The second-order valence-corrected chi connectivity index (χ2v) is 5.60. The Morgan fingerprint density at radius 3 is 2.50 bits per heavy atom. The average molecular weight is 256 g/mol. The van der Waals surface area contributed by atoms with Crippen LogP contribution in [0.4, 0.5) is 0 Å². The van der Waals surface area contributed by atoms with Gasteiger partial charge in [0.05, 0.1) is 7.11 Å². The Labute approximate surface area is 111 Å². The van der Waals surface area contributed by atoms with Gasteiger partial charge < -0.3 is 15.0 Å². The molecule has 0 aromatic carbocycles. The van der Waals surface area contributed by atoms with Gasteiger partial charge in [0.1, 0.15) is 6.04 Å². The molecule has 1 N–H and O–H groups in total. The van der Waals surface area contributed by atoms with E-state index in [1.165, 1.54) is 32.8 Å². The summed E-state index contributed by atoms with van der Waals surface area (Å²) in [4.78, 5) is 14.1. The molecule has 0 spiro atoms. The minimum atomic E-state index is -0.182. The lowest BCUT2D eigenvalue weighted by Gasteiger charge is -2.26. The Kier molecular flexibility index (Phi) is 6.65. The van der Waals surface area contributed by atoms with E-state index in [0.717, 1.165) is 13.0 Å². The van der Waals surface area contributed by atoms with Crippen molar-refractivity contribution in [3.63, 3.8) is 0 Å². The van der Waals surface area contributed by atoms with Gasteiger partial charge in [-0.2, -0.15) is 0 Å². The Balaban J connectivity index is 2.37. The van der Waals surface area contributed by atoms with Gasteiger partial charge in [-0.3, -0.25) is 4.79 Å². The van der Waals surface area contributed by atoms with Crippen LogP contribution in [0.3, 0.4) is 0 Å². The van der Waals surface area contributed by atoms with Crippen LogP contribution in [0, 0.1) is 0 Å². The molecule has 18 heavy (non-hydrogen) atoms. The van der Waals surface area contributed by atoms with Crippen molar-refractivity contribution in [3.8, 4) is 0 Å². The zero-order valence-electron chi connectivity index (χ0n) is 12.2. The highest BCUT2D eigenvalue weighted by Gasteiger charge is 2.23. The lowest BCUT2D eigenvalue weighted by molar-refractivity contribution is -0.143. The summed E-state index contributed by atoms with van der Waals surface area (Å²) < 4.78 is 4.85. The van der Waals surface area contributed by atoms with E-state index in [2.05, 4.69) is 31.1 Å². The van der Waals surface area contributed by atoms with Gasteiger partial charge >= 0.3 is 5.97 Å². The van der Waals surface area contributed by atoms with Gasteiger partial charge in [0, 0.05) is 18.6 Å².